The minimum Gasteiger partial charge on any atom is -0.465 e. The molecule has 1 atom stereocenters. The molecule has 4 rings (SSSR count). The highest BCUT2D eigenvalue weighted by molar-refractivity contribution is 8.00. The minimum absolute atomic E-state index is 0.108. The molecule has 1 saturated heterocycles. The fourth-order valence-corrected chi connectivity index (χ4v) is 6.45. The van der Waals surface area contributed by atoms with E-state index in [9.17, 15) is 14.4 Å². The van der Waals surface area contributed by atoms with Crippen LogP contribution in [0.1, 0.15) is 52.9 Å². The van der Waals surface area contributed by atoms with Gasteiger partial charge in [0.25, 0.3) is 0 Å². The molecule has 1 aliphatic heterocycles. The maximum Gasteiger partial charge on any atom is 0.341 e. The predicted octanol–water partition coefficient (Wildman–Crippen LogP) is 4.20. The normalized spacial score (nSPS) is 19.4. The molecule has 2 amide bonds. The third-order valence-corrected chi connectivity index (χ3v) is 7.98. The Morgan fingerprint density at radius 2 is 1.83 bits per heavy atom. The van der Waals surface area contributed by atoms with Crippen molar-refractivity contribution >= 4 is 51.6 Å². The molecule has 30 heavy (non-hydrogen) atoms. The van der Waals surface area contributed by atoms with E-state index in [-0.39, 0.29) is 18.2 Å². The van der Waals surface area contributed by atoms with Crippen LogP contribution < -0.4 is 10.6 Å². The monoisotopic (exact) mass is 444 g/mol. The largest absolute Gasteiger partial charge is 0.465 e. The Hall–Kier alpha value is -2.32. The summed E-state index contributed by atoms with van der Waals surface area (Å²) >= 11 is 2.75. The number of nitrogen functional groups attached to an aromatic ring is 1. The van der Waals surface area contributed by atoms with Crippen LogP contribution in [0.3, 0.4) is 0 Å². The van der Waals surface area contributed by atoms with E-state index >= 15 is 0 Å². The maximum atomic E-state index is 13.2. The zero-order valence-electron chi connectivity index (χ0n) is 16.8. The summed E-state index contributed by atoms with van der Waals surface area (Å²) in [4.78, 5) is 41.9. The minimum atomic E-state index is -0.517. The highest BCUT2D eigenvalue weighted by Crippen LogP contribution is 2.43. The van der Waals surface area contributed by atoms with Crippen LogP contribution in [0.4, 0.5) is 10.7 Å². The number of anilines is 2. The summed E-state index contributed by atoms with van der Waals surface area (Å²) in [5.41, 5.74) is 7.73. The first-order valence-corrected chi connectivity index (χ1v) is 11.8. The summed E-state index contributed by atoms with van der Waals surface area (Å²) in [5, 5.41) is -0.0829. The van der Waals surface area contributed by atoms with Crippen molar-refractivity contribution in [3.8, 4) is 0 Å². The lowest BCUT2D eigenvalue weighted by atomic mass is 9.96. The van der Waals surface area contributed by atoms with Crippen molar-refractivity contribution in [2.45, 2.75) is 55.1 Å². The summed E-state index contributed by atoms with van der Waals surface area (Å²) in [6.45, 7) is 0. The van der Waals surface area contributed by atoms with Crippen LogP contribution in [-0.2, 0) is 27.2 Å². The number of methoxy groups -OCH3 is 1. The van der Waals surface area contributed by atoms with Crippen molar-refractivity contribution in [3.63, 3.8) is 0 Å². The van der Waals surface area contributed by atoms with Gasteiger partial charge in [-0.25, -0.2) is 9.69 Å². The number of thiophene rings is 1. The van der Waals surface area contributed by atoms with Crippen LogP contribution >= 0.6 is 23.1 Å². The SMILES string of the molecule is COC(=O)c1c(N2C(=O)CC(Sc3ccc(N)cc3)C2=O)sc2c1CCCCCC2. The number of carbonyl (C=O) groups is 3. The Labute approximate surface area is 183 Å². The molecule has 0 radical (unpaired) electrons. The summed E-state index contributed by atoms with van der Waals surface area (Å²) in [7, 11) is 1.34. The number of fused-ring (bicyclic) bond motifs is 1. The van der Waals surface area contributed by atoms with E-state index in [1.54, 1.807) is 12.1 Å². The van der Waals surface area contributed by atoms with E-state index in [2.05, 4.69) is 0 Å². The number of imide groups is 1. The molecule has 158 valence electrons. The summed E-state index contributed by atoms with van der Waals surface area (Å²) in [5.74, 6) is -1.02. The number of nitrogens with zero attached hydrogens (tertiary/aromatic N) is 1. The molecule has 2 aliphatic rings. The first-order chi connectivity index (χ1) is 14.5. The van der Waals surface area contributed by atoms with Crippen LogP contribution in [0, 0.1) is 0 Å². The second-order valence-corrected chi connectivity index (χ2v) is 9.90. The third kappa shape index (κ3) is 3.98. The van der Waals surface area contributed by atoms with Crippen molar-refractivity contribution in [3.05, 3.63) is 40.3 Å². The number of hydrogen-bond donors (Lipinski definition) is 1. The number of nitrogens with two attached hydrogens (primary N) is 1. The fraction of sp³-hybridized carbons (Fsp3) is 0.409. The van der Waals surface area contributed by atoms with Gasteiger partial charge in [-0.05, 0) is 55.5 Å². The van der Waals surface area contributed by atoms with Crippen molar-refractivity contribution < 1.29 is 19.1 Å². The number of esters is 1. The van der Waals surface area contributed by atoms with Gasteiger partial charge in [0.15, 0.2) is 0 Å². The lowest BCUT2D eigenvalue weighted by Gasteiger charge is -2.15. The third-order valence-electron chi connectivity index (χ3n) is 5.51. The second kappa shape index (κ2) is 8.81. The van der Waals surface area contributed by atoms with E-state index in [1.807, 2.05) is 12.1 Å². The topological polar surface area (TPSA) is 89.7 Å². The van der Waals surface area contributed by atoms with Crippen LogP contribution in [0.5, 0.6) is 0 Å². The smallest absolute Gasteiger partial charge is 0.341 e. The van der Waals surface area contributed by atoms with E-state index in [0.29, 0.717) is 16.3 Å². The summed E-state index contributed by atoms with van der Waals surface area (Å²) in [6.07, 6.45) is 6.06. The van der Waals surface area contributed by atoms with Crippen LogP contribution in [-0.4, -0.2) is 30.1 Å². The molecule has 1 unspecified atom stereocenters. The number of aryl methyl sites for hydroxylation is 1. The van der Waals surface area contributed by atoms with Gasteiger partial charge in [-0.2, -0.15) is 0 Å². The van der Waals surface area contributed by atoms with E-state index in [4.69, 9.17) is 10.5 Å². The number of carbonyl (C=O) groups excluding carboxylic acids is 3. The quantitative estimate of drug-likeness (QED) is 0.432. The van der Waals surface area contributed by atoms with Crippen LogP contribution in [0.25, 0.3) is 0 Å². The molecule has 0 saturated carbocycles. The van der Waals surface area contributed by atoms with Gasteiger partial charge in [0.05, 0.1) is 17.9 Å². The molecule has 2 heterocycles. The molecule has 1 fully saturated rings. The van der Waals surface area contributed by atoms with Gasteiger partial charge >= 0.3 is 5.97 Å². The van der Waals surface area contributed by atoms with Gasteiger partial charge in [-0.3, -0.25) is 9.59 Å². The lowest BCUT2D eigenvalue weighted by Crippen LogP contribution is -2.31. The fourth-order valence-electron chi connectivity index (χ4n) is 4.00. The zero-order valence-corrected chi connectivity index (χ0v) is 18.4. The highest BCUT2D eigenvalue weighted by atomic mass is 32.2. The van der Waals surface area contributed by atoms with E-state index < -0.39 is 11.2 Å². The Kier molecular flexibility index (Phi) is 6.15. The summed E-state index contributed by atoms with van der Waals surface area (Å²) in [6, 6.07) is 7.24. The Morgan fingerprint density at radius 1 is 1.13 bits per heavy atom. The van der Waals surface area contributed by atoms with Gasteiger partial charge in [-0.1, -0.05) is 12.8 Å². The molecular weight excluding hydrogens is 420 g/mol. The van der Waals surface area contributed by atoms with E-state index in [0.717, 1.165) is 53.9 Å². The van der Waals surface area contributed by atoms with Crippen molar-refractivity contribution in [1.82, 2.24) is 0 Å². The molecule has 2 N–H and O–H groups in total. The average Bonchev–Trinajstić information content (AvgIpc) is 3.19. The van der Waals surface area contributed by atoms with Crippen molar-refractivity contribution in [2.24, 2.45) is 0 Å². The average molecular weight is 445 g/mol. The van der Waals surface area contributed by atoms with Crippen LogP contribution in [0.15, 0.2) is 29.2 Å². The highest BCUT2D eigenvalue weighted by Gasteiger charge is 2.43. The van der Waals surface area contributed by atoms with E-state index in [1.165, 1.54) is 35.1 Å². The van der Waals surface area contributed by atoms with Gasteiger partial charge in [-0.15, -0.1) is 23.1 Å². The maximum absolute atomic E-state index is 13.2. The lowest BCUT2D eigenvalue weighted by molar-refractivity contribution is -0.121. The number of hydrogen-bond acceptors (Lipinski definition) is 7. The van der Waals surface area contributed by atoms with Gasteiger partial charge in [0, 0.05) is 21.9 Å². The molecule has 8 heteroatoms. The standard InChI is InChI=1S/C22H24N2O4S2/c1-28-22(27)19-15-6-4-2-3-5-7-16(15)30-21(19)24-18(25)12-17(20(24)26)29-14-10-8-13(23)9-11-14/h8-11,17H,2-7,12,23H2,1H3. The van der Waals surface area contributed by atoms with Gasteiger partial charge in [0.2, 0.25) is 11.8 Å². The molecule has 6 nitrogen and oxygen atoms in total. The molecule has 0 bridgehead atoms. The molecular formula is C22H24N2O4S2. The molecule has 1 aromatic carbocycles. The Morgan fingerprint density at radius 3 is 2.53 bits per heavy atom. The Balaban J connectivity index is 1.67. The van der Waals surface area contributed by atoms with Crippen molar-refractivity contribution in [2.75, 3.05) is 17.7 Å². The zero-order chi connectivity index (χ0) is 21.3. The van der Waals surface area contributed by atoms with Gasteiger partial charge in [0.1, 0.15) is 5.00 Å². The summed E-state index contributed by atoms with van der Waals surface area (Å²) < 4.78 is 5.04. The second-order valence-electron chi connectivity index (χ2n) is 7.54. The molecule has 1 aliphatic carbocycles. The first kappa shape index (κ1) is 20.9. The van der Waals surface area contributed by atoms with Crippen LogP contribution in [0.2, 0.25) is 0 Å². The number of benzene rings is 1. The molecule has 2 aromatic rings. The number of amides is 2. The molecule has 0 spiro atoms. The Bertz CT molecular complexity index is 984. The number of ether oxygens (including phenoxy) is 1. The first-order valence-electron chi connectivity index (χ1n) is 10.1. The predicted molar refractivity (Wildman–Crippen MR) is 119 cm³/mol. The number of rotatable bonds is 4. The van der Waals surface area contributed by atoms with Gasteiger partial charge < -0.3 is 10.5 Å². The van der Waals surface area contributed by atoms with Crippen molar-refractivity contribution in [1.29, 1.82) is 0 Å². The molecule has 1 aromatic heterocycles. The number of thioether (sulfide) groups is 1.